The summed E-state index contributed by atoms with van der Waals surface area (Å²) < 4.78 is 7.48. The van der Waals surface area contributed by atoms with Crippen molar-refractivity contribution >= 4 is 22.5 Å². The molecule has 3 aromatic heterocycles. The van der Waals surface area contributed by atoms with Crippen molar-refractivity contribution in [2.24, 2.45) is 0 Å². The zero-order valence-corrected chi connectivity index (χ0v) is 21.1. The van der Waals surface area contributed by atoms with Gasteiger partial charge in [-0.1, -0.05) is 41.9 Å². The van der Waals surface area contributed by atoms with Gasteiger partial charge >= 0.3 is 0 Å². The Labute approximate surface area is 213 Å². The molecule has 0 aliphatic carbocycles. The van der Waals surface area contributed by atoms with E-state index in [1.165, 1.54) is 0 Å². The van der Waals surface area contributed by atoms with Gasteiger partial charge in [-0.15, -0.1) is 5.10 Å². The fourth-order valence-electron chi connectivity index (χ4n) is 4.52. The summed E-state index contributed by atoms with van der Waals surface area (Å²) in [5.74, 6) is 1.36. The summed E-state index contributed by atoms with van der Waals surface area (Å²) in [4.78, 5) is 18.9. The summed E-state index contributed by atoms with van der Waals surface area (Å²) in [6.45, 7) is 6.97. The van der Waals surface area contributed by atoms with Crippen LogP contribution in [0.3, 0.4) is 0 Å². The molecule has 3 heterocycles. The summed E-state index contributed by atoms with van der Waals surface area (Å²) in [6.07, 6.45) is 1.65. The van der Waals surface area contributed by atoms with Crippen molar-refractivity contribution in [3.05, 3.63) is 111 Å². The van der Waals surface area contributed by atoms with Crippen LogP contribution in [0.15, 0.2) is 76.1 Å². The molecule has 5 aromatic rings. The van der Waals surface area contributed by atoms with Crippen molar-refractivity contribution in [2.45, 2.75) is 45.9 Å². The maximum absolute atomic E-state index is 13.6. The molecule has 0 fully saturated rings. The number of fused-ring (bicyclic) bond motifs is 1. The van der Waals surface area contributed by atoms with Gasteiger partial charge < -0.3 is 9.40 Å². The van der Waals surface area contributed by atoms with Gasteiger partial charge in [0.15, 0.2) is 5.82 Å². The zero-order chi connectivity index (χ0) is 25.2. The molecule has 8 nitrogen and oxygen atoms in total. The molecule has 0 saturated heterocycles. The molecule has 0 unspecified atom stereocenters. The zero-order valence-electron chi connectivity index (χ0n) is 20.4. The van der Waals surface area contributed by atoms with Crippen LogP contribution in [0, 0.1) is 6.92 Å². The minimum absolute atomic E-state index is 0.000257. The highest BCUT2D eigenvalue weighted by molar-refractivity contribution is 6.30. The molecular formula is C27H27ClN6O2. The minimum Gasteiger partial charge on any atom is -0.468 e. The molecule has 0 bridgehead atoms. The molecule has 0 aliphatic rings. The third-order valence-electron chi connectivity index (χ3n) is 6.27. The first-order chi connectivity index (χ1) is 17.4. The second kappa shape index (κ2) is 10.1. The number of H-pyrrole nitrogens is 1. The van der Waals surface area contributed by atoms with E-state index in [0.29, 0.717) is 29.5 Å². The third kappa shape index (κ3) is 4.82. The van der Waals surface area contributed by atoms with E-state index in [1.807, 2.05) is 81.4 Å². The van der Waals surface area contributed by atoms with Gasteiger partial charge in [0.2, 0.25) is 0 Å². The monoisotopic (exact) mass is 502 g/mol. The van der Waals surface area contributed by atoms with E-state index in [2.05, 4.69) is 25.4 Å². The first kappa shape index (κ1) is 24.0. The largest absolute Gasteiger partial charge is 0.468 e. The number of benzene rings is 2. The maximum Gasteiger partial charge on any atom is 0.253 e. The molecule has 5 rings (SSSR count). The predicted octanol–water partition coefficient (Wildman–Crippen LogP) is 5.44. The second-order valence-electron chi connectivity index (χ2n) is 9.18. The minimum atomic E-state index is -0.545. The smallest absolute Gasteiger partial charge is 0.253 e. The van der Waals surface area contributed by atoms with Gasteiger partial charge in [-0.05, 0) is 78.0 Å². The van der Waals surface area contributed by atoms with Gasteiger partial charge in [-0.2, -0.15) is 0 Å². The average Bonchev–Trinajstić information content (AvgIpc) is 3.54. The lowest BCUT2D eigenvalue weighted by Gasteiger charge is -2.31. The number of furan rings is 1. The Morgan fingerprint density at radius 3 is 2.61 bits per heavy atom. The summed E-state index contributed by atoms with van der Waals surface area (Å²) in [5, 5.41) is 14.2. The number of hydrogen-bond donors (Lipinski definition) is 1. The molecule has 0 saturated carbocycles. The van der Waals surface area contributed by atoms with Gasteiger partial charge in [0.25, 0.3) is 5.56 Å². The summed E-state index contributed by atoms with van der Waals surface area (Å²) in [7, 11) is 0. The SMILES string of the molecule is Cc1cccc2cc([C@H](c3nnnn3C(C)C)N(Cc3ccc(Cl)cc3)Cc3ccco3)c(=O)[nH]c12. The van der Waals surface area contributed by atoms with E-state index in [-0.39, 0.29) is 11.6 Å². The Balaban J connectivity index is 1.71. The van der Waals surface area contributed by atoms with Crippen molar-refractivity contribution in [3.8, 4) is 0 Å². The van der Waals surface area contributed by atoms with Gasteiger partial charge in [0.1, 0.15) is 11.8 Å². The number of hydrogen-bond acceptors (Lipinski definition) is 6. The van der Waals surface area contributed by atoms with Crippen LogP contribution in [0.2, 0.25) is 5.02 Å². The molecular weight excluding hydrogens is 476 g/mol. The van der Waals surface area contributed by atoms with E-state index in [4.69, 9.17) is 16.0 Å². The highest BCUT2D eigenvalue weighted by Crippen LogP contribution is 2.31. The van der Waals surface area contributed by atoms with E-state index in [0.717, 1.165) is 27.8 Å². The Morgan fingerprint density at radius 2 is 1.89 bits per heavy atom. The van der Waals surface area contributed by atoms with Crippen LogP contribution < -0.4 is 5.56 Å². The summed E-state index contributed by atoms with van der Waals surface area (Å²) >= 11 is 6.14. The number of halogens is 1. The number of nitrogens with zero attached hydrogens (tertiary/aromatic N) is 5. The topological polar surface area (TPSA) is 92.8 Å². The van der Waals surface area contributed by atoms with Crippen LogP contribution in [0.5, 0.6) is 0 Å². The number of aryl methyl sites for hydroxylation is 1. The first-order valence-electron chi connectivity index (χ1n) is 11.8. The van der Waals surface area contributed by atoms with Crippen molar-refractivity contribution in [1.82, 2.24) is 30.1 Å². The van der Waals surface area contributed by atoms with Gasteiger partial charge in [0, 0.05) is 17.1 Å². The molecule has 0 amide bonds. The van der Waals surface area contributed by atoms with Crippen LogP contribution >= 0.6 is 11.6 Å². The Hall–Kier alpha value is -3.75. The van der Waals surface area contributed by atoms with Crippen molar-refractivity contribution in [3.63, 3.8) is 0 Å². The van der Waals surface area contributed by atoms with Crippen molar-refractivity contribution < 1.29 is 4.42 Å². The fraction of sp³-hybridized carbons (Fsp3) is 0.259. The highest BCUT2D eigenvalue weighted by atomic mass is 35.5. The van der Waals surface area contributed by atoms with Gasteiger partial charge in [-0.25, -0.2) is 4.68 Å². The standard InChI is InChI=1S/C27H27ClN6O2/c1-17(2)34-26(30-31-32-34)25(23-14-20-7-4-6-18(3)24(20)29-27(23)35)33(16-22-8-5-13-36-22)15-19-9-11-21(28)12-10-19/h4-14,17,25H,15-16H2,1-3H3,(H,29,35)/t25-/m1/s1. The Bertz CT molecular complexity index is 1520. The van der Waals surface area contributed by atoms with Gasteiger partial charge in [-0.3, -0.25) is 9.69 Å². The van der Waals surface area contributed by atoms with Crippen LogP contribution in [0.25, 0.3) is 10.9 Å². The number of tetrazole rings is 1. The Kier molecular flexibility index (Phi) is 6.71. The number of aromatic amines is 1. The molecule has 36 heavy (non-hydrogen) atoms. The van der Waals surface area contributed by atoms with Gasteiger partial charge in [0.05, 0.1) is 24.4 Å². The molecule has 0 aliphatic heterocycles. The molecule has 1 N–H and O–H groups in total. The lowest BCUT2D eigenvalue weighted by molar-refractivity contribution is 0.177. The summed E-state index contributed by atoms with van der Waals surface area (Å²) in [5.41, 5.74) is 3.25. The second-order valence-corrected chi connectivity index (χ2v) is 9.62. The Morgan fingerprint density at radius 1 is 1.08 bits per heavy atom. The highest BCUT2D eigenvalue weighted by Gasteiger charge is 2.32. The molecule has 9 heteroatoms. The van der Waals surface area contributed by atoms with E-state index in [9.17, 15) is 4.79 Å². The van der Waals surface area contributed by atoms with Crippen molar-refractivity contribution in [1.29, 1.82) is 0 Å². The van der Waals surface area contributed by atoms with E-state index < -0.39 is 6.04 Å². The number of para-hydroxylation sites is 1. The number of nitrogens with one attached hydrogen (secondary N) is 1. The molecule has 1 atom stereocenters. The van der Waals surface area contributed by atoms with Crippen LogP contribution in [0.1, 0.15) is 54.2 Å². The summed E-state index contributed by atoms with van der Waals surface area (Å²) in [6, 6.07) is 18.8. The normalized spacial score (nSPS) is 12.6. The van der Waals surface area contributed by atoms with Crippen molar-refractivity contribution in [2.75, 3.05) is 0 Å². The molecule has 184 valence electrons. The fourth-order valence-corrected chi connectivity index (χ4v) is 4.64. The number of rotatable bonds is 8. The number of aromatic nitrogens is 5. The first-order valence-corrected chi connectivity index (χ1v) is 12.2. The lowest BCUT2D eigenvalue weighted by atomic mass is 10.0. The van der Waals surface area contributed by atoms with E-state index >= 15 is 0 Å². The average molecular weight is 503 g/mol. The number of pyridine rings is 1. The third-order valence-corrected chi connectivity index (χ3v) is 6.52. The molecule has 0 radical (unpaired) electrons. The maximum atomic E-state index is 13.6. The molecule has 0 spiro atoms. The molecule has 2 aromatic carbocycles. The van der Waals surface area contributed by atoms with Crippen LogP contribution in [0.4, 0.5) is 0 Å². The van der Waals surface area contributed by atoms with Crippen LogP contribution in [-0.2, 0) is 13.1 Å². The van der Waals surface area contributed by atoms with Crippen LogP contribution in [-0.4, -0.2) is 30.1 Å². The quantitative estimate of drug-likeness (QED) is 0.303. The van der Waals surface area contributed by atoms with E-state index in [1.54, 1.807) is 10.9 Å². The lowest BCUT2D eigenvalue weighted by Crippen LogP contribution is -2.35. The predicted molar refractivity (Wildman–Crippen MR) is 139 cm³/mol.